The van der Waals surface area contributed by atoms with Crippen molar-refractivity contribution in [3.8, 4) is 0 Å². The molecule has 4 heteroatoms. The molecule has 22 heavy (non-hydrogen) atoms. The quantitative estimate of drug-likeness (QED) is 0.512. The SMILES string of the molecule is CCO[Si](C)(C)C1C=C(CC)C=CC1(CC)[Si](C)(C)OCC. The molecule has 0 fully saturated rings. The predicted molar refractivity (Wildman–Crippen MR) is 102 cm³/mol. The van der Waals surface area contributed by atoms with E-state index < -0.39 is 16.6 Å². The standard InChI is InChI=1S/C18H36O2Si2/c1-9-16-13-14-18(10-2,22(7,8)20-12-4)17(15-16)21(5,6)19-11-3/h13-15,17H,9-12H2,1-8H3. The van der Waals surface area contributed by atoms with Gasteiger partial charge in [-0.05, 0) is 52.9 Å². The Labute approximate surface area is 140 Å². The first-order chi connectivity index (χ1) is 10.2. The smallest absolute Gasteiger partial charge is 0.196 e. The Morgan fingerprint density at radius 3 is 2.05 bits per heavy atom. The maximum atomic E-state index is 6.36. The Kier molecular flexibility index (Phi) is 6.87. The molecular weight excluding hydrogens is 304 g/mol. The first kappa shape index (κ1) is 19.9. The van der Waals surface area contributed by atoms with Gasteiger partial charge in [0.1, 0.15) is 0 Å². The molecule has 0 saturated heterocycles. The molecule has 0 aromatic heterocycles. The van der Waals surface area contributed by atoms with E-state index in [9.17, 15) is 0 Å². The van der Waals surface area contributed by atoms with Gasteiger partial charge in [-0.1, -0.05) is 37.6 Å². The lowest BCUT2D eigenvalue weighted by atomic mass is 9.91. The molecule has 0 N–H and O–H groups in total. The molecule has 0 aliphatic heterocycles. The summed E-state index contributed by atoms with van der Waals surface area (Å²) in [6.07, 6.45) is 9.60. The summed E-state index contributed by atoms with van der Waals surface area (Å²) >= 11 is 0. The van der Waals surface area contributed by atoms with Crippen LogP contribution < -0.4 is 0 Å². The van der Waals surface area contributed by atoms with Crippen LogP contribution in [0.1, 0.15) is 40.5 Å². The molecule has 0 aromatic rings. The average molecular weight is 341 g/mol. The molecule has 2 unspecified atom stereocenters. The summed E-state index contributed by atoms with van der Waals surface area (Å²) in [6, 6.07) is 0. The van der Waals surface area contributed by atoms with Gasteiger partial charge in [0.25, 0.3) is 0 Å². The molecule has 1 aliphatic carbocycles. The van der Waals surface area contributed by atoms with E-state index in [1.54, 1.807) is 0 Å². The van der Waals surface area contributed by atoms with Crippen molar-refractivity contribution in [1.82, 2.24) is 0 Å². The zero-order chi connectivity index (χ0) is 17.0. The van der Waals surface area contributed by atoms with Gasteiger partial charge in [-0.25, -0.2) is 0 Å². The van der Waals surface area contributed by atoms with Gasteiger partial charge in [0.15, 0.2) is 16.6 Å². The van der Waals surface area contributed by atoms with E-state index in [1.165, 1.54) is 5.57 Å². The summed E-state index contributed by atoms with van der Waals surface area (Å²) in [5.41, 5.74) is 1.95. The van der Waals surface area contributed by atoms with Crippen molar-refractivity contribution in [1.29, 1.82) is 0 Å². The van der Waals surface area contributed by atoms with Crippen molar-refractivity contribution in [3.63, 3.8) is 0 Å². The molecule has 2 nitrogen and oxygen atoms in total. The van der Waals surface area contributed by atoms with E-state index in [-0.39, 0.29) is 5.04 Å². The van der Waals surface area contributed by atoms with Gasteiger partial charge in [-0.3, -0.25) is 0 Å². The minimum absolute atomic E-state index is 0.145. The van der Waals surface area contributed by atoms with E-state index in [1.807, 2.05) is 0 Å². The van der Waals surface area contributed by atoms with Crippen LogP contribution in [0.5, 0.6) is 0 Å². The summed E-state index contributed by atoms with van der Waals surface area (Å²) < 4.78 is 12.7. The van der Waals surface area contributed by atoms with Gasteiger partial charge in [0.2, 0.25) is 0 Å². The molecule has 0 heterocycles. The zero-order valence-electron chi connectivity index (χ0n) is 16.0. The zero-order valence-corrected chi connectivity index (χ0v) is 18.0. The van der Waals surface area contributed by atoms with E-state index >= 15 is 0 Å². The van der Waals surface area contributed by atoms with Gasteiger partial charge >= 0.3 is 0 Å². The fourth-order valence-electron chi connectivity index (χ4n) is 4.13. The molecule has 0 saturated carbocycles. The molecular formula is C18H36O2Si2. The molecule has 0 bridgehead atoms. The van der Waals surface area contributed by atoms with Crippen LogP contribution in [0, 0.1) is 0 Å². The van der Waals surface area contributed by atoms with Crippen molar-refractivity contribution in [2.75, 3.05) is 13.2 Å². The maximum Gasteiger partial charge on any atom is 0.196 e. The van der Waals surface area contributed by atoms with Crippen LogP contribution in [-0.2, 0) is 8.85 Å². The third kappa shape index (κ3) is 3.66. The van der Waals surface area contributed by atoms with Gasteiger partial charge in [0, 0.05) is 23.8 Å². The van der Waals surface area contributed by atoms with Crippen LogP contribution in [0.15, 0.2) is 23.8 Å². The third-order valence-corrected chi connectivity index (χ3v) is 13.0. The summed E-state index contributed by atoms with van der Waals surface area (Å²) in [5.74, 6) is 0. The lowest BCUT2D eigenvalue weighted by Crippen LogP contribution is -2.54. The molecule has 0 radical (unpaired) electrons. The average Bonchev–Trinajstić information content (AvgIpc) is 2.46. The largest absolute Gasteiger partial charge is 0.417 e. The first-order valence-corrected chi connectivity index (χ1v) is 14.8. The maximum absolute atomic E-state index is 6.36. The van der Waals surface area contributed by atoms with Gasteiger partial charge < -0.3 is 8.85 Å². The number of rotatable bonds is 8. The topological polar surface area (TPSA) is 18.5 Å². The second kappa shape index (κ2) is 7.60. The summed E-state index contributed by atoms with van der Waals surface area (Å²) in [6.45, 7) is 20.0. The lowest BCUT2D eigenvalue weighted by Gasteiger charge is -2.52. The number of allylic oxidation sites excluding steroid dienone is 4. The monoisotopic (exact) mass is 340 g/mol. The molecule has 1 rings (SSSR count). The minimum atomic E-state index is -1.87. The predicted octanol–water partition coefficient (Wildman–Crippen LogP) is 5.90. The Morgan fingerprint density at radius 1 is 1.00 bits per heavy atom. The molecule has 128 valence electrons. The Hall–Kier alpha value is -0.166. The third-order valence-electron chi connectivity index (χ3n) is 5.42. The number of hydrogen-bond acceptors (Lipinski definition) is 2. The van der Waals surface area contributed by atoms with Crippen LogP contribution in [0.3, 0.4) is 0 Å². The molecule has 0 amide bonds. The highest BCUT2D eigenvalue weighted by molar-refractivity contribution is 6.81. The van der Waals surface area contributed by atoms with E-state index in [2.05, 4.69) is 72.1 Å². The van der Waals surface area contributed by atoms with Crippen LogP contribution in [0.25, 0.3) is 0 Å². The highest BCUT2D eigenvalue weighted by Crippen LogP contribution is 2.60. The lowest BCUT2D eigenvalue weighted by molar-refractivity contribution is 0.287. The summed E-state index contributed by atoms with van der Waals surface area (Å²) in [5, 5.41) is 0.145. The fraction of sp³-hybridized carbons (Fsp3) is 0.778. The van der Waals surface area contributed by atoms with Crippen LogP contribution in [-0.4, -0.2) is 29.8 Å². The molecule has 2 atom stereocenters. The highest BCUT2D eigenvalue weighted by atomic mass is 28.4. The Morgan fingerprint density at radius 2 is 1.59 bits per heavy atom. The Bertz CT molecular complexity index is 427. The Balaban J connectivity index is 3.40. The van der Waals surface area contributed by atoms with Crippen LogP contribution >= 0.6 is 0 Å². The second-order valence-corrected chi connectivity index (χ2v) is 15.6. The van der Waals surface area contributed by atoms with E-state index in [0.29, 0.717) is 5.54 Å². The van der Waals surface area contributed by atoms with Gasteiger partial charge in [-0.2, -0.15) is 0 Å². The fourth-order valence-corrected chi connectivity index (χ4v) is 12.5. The van der Waals surface area contributed by atoms with Crippen molar-refractivity contribution < 1.29 is 8.85 Å². The van der Waals surface area contributed by atoms with E-state index in [4.69, 9.17) is 8.85 Å². The van der Waals surface area contributed by atoms with Crippen molar-refractivity contribution in [3.05, 3.63) is 23.8 Å². The van der Waals surface area contributed by atoms with E-state index in [0.717, 1.165) is 26.1 Å². The van der Waals surface area contributed by atoms with Crippen LogP contribution in [0.4, 0.5) is 0 Å². The second-order valence-electron chi connectivity index (χ2n) is 7.28. The van der Waals surface area contributed by atoms with Gasteiger partial charge in [-0.15, -0.1) is 0 Å². The molecule has 0 spiro atoms. The van der Waals surface area contributed by atoms with Crippen LogP contribution in [0.2, 0.25) is 36.8 Å². The van der Waals surface area contributed by atoms with Crippen molar-refractivity contribution >= 4 is 16.6 Å². The molecule has 1 aliphatic rings. The minimum Gasteiger partial charge on any atom is -0.417 e. The summed E-state index contributed by atoms with van der Waals surface area (Å²) in [4.78, 5) is 0. The van der Waals surface area contributed by atoms with Crippen molar-refractivity contribution in [2.24, 2.45) is 0 Å². The number of hydrogen-bond donors (Lipinski definition) is 0. The first-order valence-electron chi connectivity index (χ1n) is 8.88. The normalized spacial score (nSPS) is 26.2. The van der Waals surface area contributed by atoms with Crippen molar-refractivity contribution in [2.45, 2.75) is 77.3 Å². The van der Waals surface area contributed by atoms with Gasteiger partial charge in [0.05, 0.1) is 0 Å². The molecule has 0 aromatic carbocycles. The highest BCUT2D eigenvalue weighted by Gasteiger charge is 2.56. The summed E-state index contributed by atoms with van der Waals surface area (Å²) in [7, 11) is -3.70.